The molecule has 1 heterocycles. The minimum Gasteiger partial charge on any atom is -0.462 e. The van der Waals surface area contributed by atoms with Gasteiger partial charge in [-0.2, -0.15) is 0 Å². The second kappa shape index (κ2) is 4.14. The van der Waals surface area contributed by atoms with Gasteiger partial charge in [0.2, 0.25) is 0 Å². The summed E-state index contributed by atoms with van der Waals surface area (Å²) < 4.78 is 10.3. The fourth-order valence-electron chi connectivity index (χ4n) is 1.36. The van der Waals surface area contributed by atoms with Gasteiger partial charge >= 0.3 is 0 Å². The Morgan fingerprint density at radius 2 is 2.20 bits per heavy atom. The normalized spacial score (nSPS) is 14.5. The molecule has 0 saturated heterocycles. The minimum atomic E-state index is -0.175. The van der Waals surface area contributed by atoms with Gasteiger partial charge in [-0.1, -0.05) is 12.1 Å². The summed E-state index contributed by atoms with van der Waals surface area (Å²) in [5, 5.41) is 2.71. The van der Waals surface area contributed by atoms with E-state index >= 15 is 0 Å². The van der Waals surface area contributed by atoms with E-state index in [9.17, 15) is 4.79 Å². The molecule has 0 saturated carbocycles. The van der Waals surface area contributed by atoms with Crippen molar-refractivity contribution < 1.29 is 14.3 Å². The third-order valence-electron chi connectivity index (χ3n) is 2.03. The van der Waals surface area contributed by atoms with Gasteiger partial charge in [-0.15, -0.1) is 0 Å². The molecular formula is C11H11NO3. The number of benzene rings is 1. The lowest BCUT2D eigenvalue weighted by Gasteiger charge is -2.04. The van der Waals surface area contributed by atoms with E-state index in [2.05, 4.69) is 5.32 Å². The molecule has 1 aromatic rings. The van der Waals surface area contributed by atoms with Crippen molar-refractivity contribution >= 4 is 5.91 Å². The van der Waals surface area contributed by atoms with E-state index in [1.165, 1.54) is 6.26 Å². The van der Waals surface area contributed by atoms with Crippen LogP contribution in [0.1, 0.15) is 10.4 Å². The second-order valence-corrected chi connectivity index (χ2v) is 3.14. The average molecular weight is 205 g/mol. The Bertz CT molecular complexity index is 412. The molecule has 0 spiro atoms. The van der Waals surface area contributed by atoms with Crippen LogP contribution < -0.4 is 10.1 Å². The van der Waals surface area contributed by atoms with Gasteiger partial charge in [0, 0.05) is 7.11 Å². The molecule has 15 heavy (non-hydrogen) atoms. The Labute approximate surface area is 87.5 Å². The van der Waals surface area contributed by atoms with E-state index in [0.717, 1.165) is 0 Å². The third kappa shape index (κ3) is 1.99. The number of hydrogen-bond acceptors (Lipinski definition) is 3. The summed E-state index contributed by atoms with van der Waals surface area (Å²) in [5.74, 6) is 0.382. The van der Waals surface area contributed by atoms with Crippen molar-refractivity contribution in [2.75, 3.05) is 13.7 Å². The molecule has 1 aromatic carbocycles. The van der Waals surface area contributed by atoms with Crippen molar-refractivity contribution in [1.82, 2.24) is 5.32 Å². The quantitative estimate of drug-likeness (QED) is 0.791. The molecule has 0 fully saturated rings. The zero-order chi connectivity index (χ0) is 10.7. The number of carbonyl (C=O) groups excluding carboxylic acids is 1. The first-order valence-electron chi connectivity index (χ1n) is 4.56. The highest BCUT2D eigenvalue weighted by Gasteiger charge is 2.16. The lowest BCUT2D eigenvalue weighted by molar-refractivity contribution is 0.0957. The number of rotatable bonds is 2. The van der Waals surface area contributed by atoms with E-state index in [1.54, 1.807) is 25.3 Å². The molecule has 1 amide bonds. The molecule has 0 bridgehead atoms. The molecule has 0 aliphatic carbocycles. The molecule has 1 aliphatic heterocycles. The smallest absolute Gasteiger partial charge is 0.259 e. The van der Waals surface area contributed by atoms with E-state index in [4.69, 9.17) is 9.47 Å². The number of para-hydroxylation sites is 1. The molecular weight excluding hydrogens is 194 g/mol. The van der Waals surface area contributed by atoms with Gasteiger partial charge in [0.1, 0.15) is 12.0 Å². The predicted octanol–water partition coefficient (Wildman–Crippen LogP) is 1.30. The second-order valence-electron chi connectivity index (χ2n) is 3.14. The highest BCUT2D eigenvalue weighted by Crippen LogP contribution is 2.20. The van der Waals surface area contributed by atoms with Gasteiger partial charge in [-0.05, 0) is 12.1 Å². The highest BCUT2D eigenvalue weighted by molar-refractivity contribution is 5.98. The Morgan fingerprint density at radius 1 is 1.40 bits per heavy atom. The third-order valence-corrected chi connectivity index (χ3v) is 2.03. The largest absolute Gasteiger partial charge is 0.462 e. The van der Waals surface area contributed by atoms with Crippen LogP contribution in [0, 0.1) is 0 Å². The van der Waals surface area contributed by atoms with Crippen molar-refractivity contribution in [1.29, 1.82) is 0 Å². The van der Waals surface area contributed by atoms with Gasteiger partial charge in [0.15, 0.2) is 0 Å². The maximum absolute atomic E-state index is 11.7. The minimum absolute atomic E-state index is 0.175. The molecule has 78 valence electrons. The fourth-order valence-corrected chi connectivity index (χ4v) is 1.36. The van der Waals surface area contributed by atoms with Crippen LogP contribution in [0.25, 0.3) is 0 Å². The Hall–Kier alpha value is -1.81. The summed E-state index contributed by atoms with van der Waals surface area (Å²) >= 11 is 0. The van der Waals surface area contributed by atoms with E-state index in [-0.39, 0.29) is 5.91 Å². The maximum atomic E-state index is 11.7. The van der Waals surface area contributed by atoms with Crippen molar-refractivity contribution in [3.63, 3.8) is 0 Å². The molecule has 1 aliphatic rings. The Balaban J connectivity index is 2.30. The summed E-state index contributed by atoms with van der Waals surface area (Å²) in [4.78, 5) is 11.7. The van der Waals surface area contributed by atoms with Gasteiger partial charge in [0.05, 0.1) is 17.9 Å². The van der Waals surface area contributed by atoms with Crippen molar-refractivity contribution in [3.8, 4) is 5.75 Å². The predicted molar refractivity (Wildman–Crippen MR) is 54.5 cm³/mol. The van der Waals surface area contributed by atoms with Crippen molar-refractivity contribution in [3.05, 3.63) is 41.8 Å². The standard InChI is InChI=1S/C11H11NO3/c1-14-6-8-7-15-10-5-3-2-4-9(10)11(13)12-8/h2-5,7H,6H2,1H3,(H,12,13). The lowest BCUT2D eigenvalue weighted by atomic mass is 10.2. The van der Waals surface area contributed by atoms with Crippen LogP contribution in [-0.2, 0) is 4.74 Å². The van der Waals surface area contributed by atoms with Crippen LogP contribution in [0.3, 0.4) is 0 Å². The van der Waals surface area contributed by atoms with Crippen molar-refractivity contribution in [2.45, 2.75) is 0 Å². The summed E-state index contributed by atoms with van der Waals surface area (Å²) in [7, 11) is 1.56. The van der Waals surface area contributed by atoms with Gasteiger partial charge in [-0.3, -0.25) is 4.79 Å². The molecule has 4 heteroatoms. The first-order valence-corrected chi connectivity index (χ1v) is 4.56. The summed E-state index contributed by atoms with van der Waals surface area (Å²) in [6.45, 7) is 0.319. The number of carbonyl (C=O) groups is 1. The molecule has 0 aromatic heterocycles. The first kappa shape index (κ1) is 9.73. The zero-order valence-electron chi connectivity index (χ0n) is 8.32. The molecule has 0 radical (unpaired) electrons. The lowest BCUT2D eigenvalue weighted by Crippen LogP contribution is -2.23. The van der Waals surface area contributed by atoms with Gasteiger partial charge < -0.3 is 14.8 Å². The van der Waals surface area contributed by atoms with Crippen molar-refractivity contribution in [2.24, 2.45) is 0 Å². The van der Waals surface area contributed by atoms with Gasteiger partial charge in [-0.25, -0.2) is 0 Å². The molecule has 4 nitrogen and oxygen atoms in total. The number of ether oxygens (including phenoxy) is 2. The first-order chi connectivity index (χ1) is 7.31. The fraction of sp³-hybridized carbons (Fsp3) is 0.182. The van der Waals surface area contributed by atoms with Crippen LogP contribution in [0.5, 0.6) is 5.75 Å². The number of fused-ring (bicyclic) bond motifs is 1. The summed E-state index contributed by atoms with van der Waals surface area (Å²) in [5.41, 5.74) is 1.14. The van der Waals surface area contributed by atoms with Crippen LogP contribution in [0.15, 0.2) is 36.2 Å². The molecule has 1 N–H and O–H groups in total. The molecule has 0 atom stereocenters. The summed E-state index contributed by atoms with van der Waals surface area (Å²) in [6, 6.07) is 7.08. The van der Waals surface area contributed by atoms with Crippen LogP contribution >= 0.6 is 0 Å². The molecule has 0 unspecified atom stereocenters. The van der Waals surface area contributed by atoms with Crippen LogP contribution in [0.4, 0.5) is 0 Å². The Kier molecular flexibility index (Phi) is 2.69. The number of methoxy groups -OCH3 is 1. The molecule has 2 rings (SSSR count). The number of nitrogens with one attached hydrogen (secondary N) is 1. The number of hydrogen-bond donors (Lipinski definition) is 1. The van der Waals surface area contributed by atoms with E-state index < -0.39 is 0 Å². The highest BCUT2D eigenvalue weighted by atomic mass is 16.5. The topological polar surface area (TPSA) is 47.6 Å². The average Bonchev–Trinajstić information content (AvgIpc) is 2.40. The SMILES string of the molecule is COCC1=COc2ccccc2C(=O)N1. The van der Waals surface area contributed by atoms with E-state index in [1.807, 2.05) is 6.07 Å². The monoisotopic (exact) mass is 205 g/mol. The van der Waals surface area contributed by atoms with E-state index in [0.29, 0.717) is 23.6 Å². The van der Waals surface area contributed by atoms with Crippen LogP contribution in [-0.4, -0.2) is 19.6 Å². The Morgan fingerprint density at radius 3 is 3.00 bits per heavy atom. The zero-order valence-corrected chi connectivity index (χ0v) is 8.32. The van der Waals surface area contributed by atoms with Gasteiger partial charge in [0.25, 0.3) is 5.91 Å². The summed E-state index contributed by atoms with van der Waals surface area (Å²) in [6.07, 6.45) is 1.49. The number of amides is 1. The van der Waals surface area contributed by atoms with Crippen LogP contribution in [0.2, 0.25) is 0 Å². The maximum Gasteiger partial charge on any atom is 0.259 e.